The zero-order chi connectivity index (χ0) is 13.4. The van der Waals surface area contributed by atoms with Crippen LogP contribution in [0.15, 0.2) is 0 Å². The molecule has 1 aliphatic rings. The van der Waals surface area contributed by atoms with Crippen molar-refractivity contribution in [1.82, 2.24) is 10.6 Å². The molecule has 0 aromatic heterocycles. The molecule has 18 heavy (non-hydrogen) atoms. The molecule has 0 spiro atoms. The van der Waals surface area contributed by atoms with Crippen LogP contribution in [0.3, 0.4) is 0 Å². The minimum absolute atomic E-state index is 0.0993. The molecule has 1 fully saturated rings. The topological polar surface area (TPSA) is 50.4 Å². The van der Waals surface area contributed by atoms with Crippen LogP contribution in [0.1, 0.15) is 26.7 Å². The molecule has 2 N–H and O–H groups in total. The van der Waals surface area contributed by atoms with E-state index < -0.39 is 0 Å². The number of hydrogen-bond donors (Lipinski definition) is 2. The molecule has 106 valence electrons. The molecule has 1 unspecified atom stereocenters. The van der Waals surface area contributed by atoms with Crippen LogP contribution in [0.5, 0.6) is 0 Å². The Morgan fingerprint density at radius 2 is 2.22 bits per heavy atom. The van der Waals surface area contributed by atoms with Gasteiger partial charge in [0, 0.05) is 38.4 Å². The molecule has 5 heteroatoms. The summed E-state index contributed by atoms with van der Waals surface area (Å²) in [6.07, 6.45) is 1.75. The Hall–Kier alpha value is -0.260. The molecule has 1 saturated heterocycles. The van der Waals surface area contributed by atoms with Crippen molar-refractivity contribution in [1.29, 1.82) is 0 Å². The Morgan fingerprint density at radius 1 is 1.44 bits per heavy atom. The van der Waals surface area contributed by atoms with Crippen molar-refractivity contribution in [2.75, 3.05) is 38.3 Å². The minimum Gasteiger partial charge on any atom is -0.383 e. The van der Waals surface area contributed by atoms with Crippen molar-refractivity contribution < 1.29 is 9.53 Å². The molecular formula is C13H26N2O2S. The average molecular weight is 274 g/mol. The van der Waals surface area contributed by atoms with Gasteiger partial charge in [-0.25, -0.2) is 0 Å². The Morgan fingerprint density at radius 3 is 2.89 bits per heavy atom. The second-order valence-electron chi connectivity index (χ2n) is 5.63. The zero-order valence-electron chi connectivity index (χ0n) is 11.8. The first-order valence-corrected chi connectivity index (χ1v) is 7.76. The minimum atomic E-state index is 0.0993. The van der Waals surface area contributed by atoms with E-state index in [0.29, 0.717) is 31.0 Å². The molecule has 1 amide bonds. The predicted molar refractivity (Wildman–Crippen MR) is 77.0 cm³/mol. The summed E-state index contributed by atoms with van der Waals surface area (Å²) < 4.78 is 4.88. The molecule has 0 aliphatic carbocycles. The first kappa shape index (κ1) is 15.8. The van der Waals surface area contributed by atoms with Gasteiger partial charge in [-0.3, -0.25) is 4.79 Å². The van der Waals surface area contributed by atoms with Crippen molar-refractivity contribution in [2.24, 2.45) is 5.41 Å². The molecule has 0 saturated carbocycles. The quantitative estimate of drug-likeness (QED) is 0.686. The molecule has 1 heterocycles. The zero-order valence-corrected chi connectivity index (χ0v) is 12.6. The van der Waals surface area contributed by atoms with Crippen LogP contribution >= 0.6 is 11.8 Å². The third kappa shape index (κ3) is 6.61. The van der Waals surface area contributed by atoms with Gasteiger partial charge in [0.05, 0.1) is 6.61 Å². The number of thioether (sulfide) groups is 1. The van der Waals surface area contributed by atoms with E-state index in [1.54, 1.807) is 7.11 Å². The fraction of sp³-hybridized carbons (Fsp3) is 0.923. The third-order valence-corrected chi connectivity index (χ3v) is 4.65. The van der Waals surface area contributed by atoms with E-state index in [9.17, 15) is 4.79 Å². The van der Waals surface area contributed by atoms with Gasteiger partial charge in [0.15, 0.2) is 0 Å². The van der Waals surface area contributed by atoms with Crippen LogP contribution in [0.2, 0.25) is 0 Å². The number of hydrogen-bond acceptors (Lipinski definition) is 4. The lowest BCUT2D eigenvalue weighted by molar-refractivity contribution is -0.121. The van der Waals surface area contributed by atoms with Crippen LogP contribution in [0.25, 0.3) is 0 Å². The van der Waals surface area contributed by atoms with Crippen molar-refractivity contribution in [3.63, 3.8) is 0 Å². The summed E-state index contributed by atoms with van der Waals surface area (Å²) in [7, 11) is 1.64. The Labute approximate surface area is 115 Å². The van der Waals surface area contributed by atoms with Crippen LogP contribution in [0.4, 0.5) is 0 Å². The van der Waals surface area contributed by atoms with E-state index in [4.69, 9.17) is 4.74 Å². The smallest absolute Gasteiger partial charge is 0.221 e. The molecule has 0 aromatic carbocycles. The third-order valence-electron chi connectivity index (χ3n) is 3.02. The SMILES string of the molecule is COCCNC(=O)CCNC1CSCC(C)(C)C1. The summed E-state index contributed by atoms with van der Waals surface area (Å²) in [5.41, 5.74) is 0.418. The molecule has 1 aliphatic heterocycles. The average Bonchev–Trinajstić information content (AvgIpc) is 2.28. The van der Waals surface area contributed by atoms with E-state index in [1.165, 1.54) is 12.2 Å². The lowest BCUT2D eigenvalue weighted by Crippen LogP contribution is -2.41. The summed E-state index contributed by atoms with van der Waals surface area (Å²) in [5.74, 6) is 2.50. The van der Waals surface area contributed by atoms with Crippen LogP contribution < -0.4 is 10.6 Å². The molecule has 1 rings (SSSR count). The van der Waals surface area contributed by atoms with E-state index in [-0.39, 0.29) is 5.91 Å². The van der Waals surface area contributed by atoms with E-state index in [0.717, 1.165) is 12.3 Å². The predicted octanol–water partition coefficient (Wildman–Crippen LogP) is 1.26. The van der Waals surface area contributed by atoms with Gasteiger partial charge in [-0.2, -0.15) is 11.8 Å². The van der Waals surface area contributed by atoms with Crippen molar-refractivity contribution in [2.45, 2.75) is 32.7 Å². The normalized spacial score (nSPS) is 22.7. The van der Waals surface area contributed by atoms with Crippen molar-refractivity contribution in [3.05, 3.63) is 0 Å². The number of amides is 1. The lowest BCUT2D eigenvalue weighted by Gasteiger charge is -2.35. The Balaban J connectivity index is 2.08. The van der Waals surface area contributed by atoms with Crippen molar-refractivity contribution in [3.8, 4) is 0 Å². The fourth-order valence-corrected chi connectivity index (χ4v) is 3.47. The summed E-state index contributed by atoms with van der Waals surface area (Å²) >= 11 is 2.01. The molecule has 1 atom stereocenters. The summed E-state index contributed by atoms with van der Waals surface area (Å²) in [5, 5.41) is 6.31. The van der Waals surface area contributed by atoms with E-state index in [2.05, 4.69) is 24.5 Å². The maximum atomic E-state index is 11.5. The monoisotopic (exact) mass is 274 g/mol. The highest BCUT2D eigenvalue weighted by atomic mass is 32.2. The molecule has 0 radical (unpaired) electrons. The molecule has 0 bridgehead atoms. The van der Waals surface area contributed by atoms with Crippen LogP contribution in [0, 0.1) is 5.41 Å². The van der Waals surface area contributed by atoms with Crippen LogP contribution in [-0.2, 0) is 9.53 Å². The van der Waals surface area contributed by atoms with E-state index in [1.807, 2.05) is 11.8 Å². The fourth-order valence-electron chi connectivity index (χ4n) is 2.16. The maximum absolute atomic E-state index is 11.5. The van der Waals surface area contributed by atoms with Gasteiger partial charge >= 0.3 is 0 Å². The summed E-state index contributed by atoms with van der Waals surface area (Å²) in [6, 6.07) is 0.547. The van der Waals surface area contributed by atoms with Gasteiger partial charge in [0.1, 0.15) is 0 Å². The molecule has 0 aromatic rings. The lowest BCUT2D eigenvalue weighted by atomic mass is 9.88. The maximum Gasteiger partial charge on any atom is 0.221 e. The number of methoxy groups -OCH3 is 1. The van der Waals surface area contributed by atoms with Gasteiger partial charge in [0.2, 0.25) is 5.91 Å². The number of ether oxygens (including phenoxy) is 1. The second-order valence-corrected chi connectivity index (χ2v) is 6.66. The number of carbonyl (C=O) groups excluding carboxylic acids is 1. The number of carbonyl (C=O) groups is 1. The molecular weight excluding hydrogens is 248 g/mol. The largest absolute Gasteiger partial charge is 0.383 e. The van der Waals surface area contributed by atoms with Gasteiger partial charge in [-0.05, 0) is 17.6 Å². The highest BCUT2D eigenvalue weighted by molar-refractivity contribution is 7.99. The standard InChI is InChI=1S/C13H26N2O2S/c1-13(2)8-11(9-18-10-13)14-5-4-12(16)15-6-7-17-3/h11,14H,4-10H2,1-3H3,(H,15,16). The van der Waals surface area contributed by atoms with Crippen molar-refractivity contribution >= 4 is 17.7 Å². The summed E-state index contributed by atoms with van der Waals surface area (Å²) in [4.78, 5) is 11.5. The van der Waals surface area contributed by atoms with E-state index >= 15 is 0 Å². The number of rotatable bonds is 7. The van der Waals surface area contributed by atoms with Gasteiger partial charge in [0.25, 0.3) is 0 Å². The molecule has 4 nitrogen and oxygen atoms in total. The first-order valence-electron chi connectivity index (χ1n) is 6.60. The Kier molecular flexibility index (Phi) is 7.04. The highest BCUT2D eigenvalue weighted by Gasteiger charge is 2.27. The first-order chi connectivity index (χ1) is 8.53. The highest BCUT2D eigenvalue weighted by Crippen LogP contribution is 2.33. The van der Waals surface area contributed by atoms with Gasteiger partial charge in [-0.1, -0.05) is 13.8 Å². The van der Waals surface area contributed by atoms with Gasteiger partial charge < -0.3 is 15.4 Å². The second kappa shape index (κ2) is 8.02. The Bertz CT molecular complexity index is 259. The van der Waals surface area contributed by atoms with Crippen LogP contribution in [-0.4, -0.2) is 50.3 Å². The summed E-state index contributed by atoms with van der Waals surface area (Å²) in [6.45, 7) is 6.56. The number of nitrogens with one attached hydrogen (secondary N) is 2. The van der Waals surface area contributed by atoms with Gasteiger partial charge in [-0.15, -0.1) is 0 Å².